The van der Waals surface area contributed by atoms with E-state index in [0.717, 1.165) is 19.3 Å². The largest absolute Gasteiger partial charge is 0.368 e. The topological polar surface area (TPSA) is 74.8 Å². The number of anilines is 1. The molecule has 0 spiro atoms. The standard InChI is InChI=1S/C17H23ClN4O3/c1-12-13(5-6-15(18)19-12)20-17(24)22-8-3-7-21(9-10-22)16(23)14-4-2-11-25-14/h5-6,14H,2-4,7-11H2,1H3,(H,20,24)/t14-/m1/s1. The Morgan fingerprint density at radius 1 is 1.20 bits per heavy atom. The molecule has 1 atom stereocenters. The molecule has 136 valence electrons. The number of hydrogen-bond donors (Lipinski definition) is 1. The first-order valence-corrected chi connectivity index (χ1v) is 9.02. The van der Waals surface area contributed by atoms with Gasteiger partial charge in [-0.15, -0.1) is 0 Å². The number of carbonyl (C=O) groups excluding carboxylic acids is 2. The zero-order valence-corrected chi connectivity index (χ0v) is 15.1. The number of nitrogens with zero attached hydrogens (tertiary/aromatic N) is 3. The molecule has 2 aliphatic rings. The van der Waals surface area contributed by atoms with Crippen molar-refractivity contribution in [2.75, 3.05) is 38.1 Å². The Hall–Kier alpha value is -1.86. The fraction of sp³-hybridized carbons (Fsp3) is 0.588. The molecule has 7 nitrogen and oxygen atoms in total. The van der Waals surface area contributed by atoms with Crippen LogP contribution in [0.15, 0.2) is 12.1 Å². The Balaban J connectivity index is 1.56. The van der Waals surface area contributed by atoms with E-state index in [1.54, 1.807) is 24.0 Å². The molecule has 8 heteroatoms. The summed E-state index contributed by atoms with van der Waals surface area (Å²) in [7, 11) is 0. The summed E-state index contributed by atoms with van der Waals surface area (Å²) in [5.41, 5.74) is 1.32. The molecule has 0 radical (unpaired) electrons. The van der Waals surface area contributed by atoms with Crippen LogP contribution in [0, 0.1) is 6.92 Å². The number of urea groups is 1. The summed E-state index contributed by atoms with van der Waals surface area (Å²) in [5, 5.41) is 3.27. The van der Waals surface area contributed by atoms with Gasteiger partial charge in [0.05, 0.1) is 11.4 Å². The third-order valence-corrected chi connectivity index (χ3v) is 4.80. The van der Waals surface area contributed by atoms with Crippen LogP contribution >= 0.6 is 11.6 Å². The molecule has 2 aliphatic heterocycles. The Labute approximate surface area is 152 Å². The van der Waals surface area contributed by atoms with Crippen molar-refractivity contribution in [3.05, 3.63) is 23.0 Å². The molecular weight excluding hydrogens is 344 g/mol. The van der Waals surface area contributed by atoms with Crippen LogP contribution in [0.25, 0.3) is 0 Å². The lowest BCUT2D eigenvalue weighted by atomic mass is 10.2. The minimum absolute atomic E-state index is 0.0532. The van der Waals surface area contributed by atoms with Crippen molar-refractivity contribution in [2.45, 2.75) is 32.3 Å². The number of carbonyl (C=O) groups is 2. The van der Waals surface area contributed by atoms with Crippen molar-refractivity contribution >= 4 is 29.2 Å². The van der Waals surface area contributed by atoms with Gasteiger partial charge in [0.1, 0.15) is 11.3 Å². The van der Waals surface area contributed by atoms with Crippen molar-refractivity contribution < 1.29 is 14.3 Å². The van der Waals surface area contributed by atoms with Gasteiger partial charge in [0.2, 0.25) is 0 Å². The first kappa shape index (κ1) is 17.9. The molecule has 0 unspecified atom stereocenters. The van der Waals surface area contributed by atoms with Crippen molar-refractivity contribution in [1.82, 2.24) is 14.8 Å². The number of ether oxygens (including phenoxy) is 1. The normalized spacial score (nSPS) is 21.1. The Kier molecular flexibility index (Phi) is 5.75. The van der Waals surface area contributed by atoms with Gasteiger partial charge in [0.25, 0.3) is 5.91 Å². The summed E-state index contributed by atoms with van der Waals surface area (Å²) >= 11 is 5.84. The summed E-state index contributed by atoms with van der Waals surface area (Å²) in [4.78, 5) is 32.7. The minimum atomic E-state index is -0.303. The lowest BCUT2D eigenvalue weighted by molar-refractivity contribution is -0.140. The van der Waals surface area contributed by atoms with Gasteiger partial charge in [-0.3, -0.25) is 4.79 Å². The molecule has 1 aromatic rings. The average molecular weight is 367 g/mol. The van der Waals surface area contributed by atoms with E-state index in [9.17, 15) is 9.59 Å². The summed E-state index contributed by atoms with van der Waals surface area (Å²) in [6.07, 6.45) is 2.18. The van der Waals surface area contributed by atoms with Gasteiger partial charge in [-0.2, -0.15) is 0 Å². The summed E-state index contributed by atoms with van der Waals surface area (Å²) < 4.78 is 5.48. The van der Waals surface area contributed by atoms with Gasteiger partial charge in [0, 0.05) is 32.8 Å². The fourth-order valence-electron chi connectivity index (χ4n) is 3.17. The zero-order chi connectivity index (χ0) is 17.8. The molecule has 25 heavy (non-hydrogen) atoms. The maximum atomic E-state index is 12.5. The Morgan fingerprint density at radius 3 is 2.68 bits per heavy atom. The second-order valence-corrected chi connectivity index (χ2v) is 6.75. The van der Waals surface area contributed by atoms with Crippen LogP contribution in [0.4, 0.5) is 10.5 Å². The second kappa shape index (κ2) is 8.01. The molecule has 1 N–H and O–H groups in total. The first-order chi connectivity index (χ1) is 12.0. The third-order valence-electron chi connectivity index (χ3n) is 4.59. The predicted molar refractivity (Wildman–Crippen MR) is 94.7 cm³/mol. The van der Waals surface area contributed by atoms with Crippen molar-refractivity contribution in [3.63, 3.8) is 0 Å². The SMILES string of the molecule is Cc1nc(Cl)ccc1NC(=O)N1CCCN(C(=O)[C@H]2CCCO2)CC1. The summed E-state index contributed by atoms with van der Waals surface area (Å²) in [6, 6.07) is 3.21. The van der Waals surface area contributed by atoms with Crippen molar-refractivity contribution in [1.29, 1.82) is 0 Å². The van der Waals surface area contributed by atoms with E-state index in [1.807, 2.05) is 4.90 Å². The van der Waals surface area contributed by atoms with Crippen LogP contribution < -0.4 is 5.32 Å². The van der Waals surface area contributed by atoms with E-state index >= 15 is 0 Å². The van der Waals surface area contributed by atoms with E-state index in [4.69, 9.17) is 16.3 Å². The van der Waals surface area contributed by atoms with Crippen LogP contribution in [0.1, 0.15) is 25.0 Å². The van der Waals surface area contributed by atoms with Gasteiger partial charge in [0.15, 0.2) is 0 Å². The molecule has 1 aromatic heterocycles. The number of pyridine rings is 1. The van der Waals surface area contributed by atoms with E-state index in [1.165, 1.54) is 0 Å². The van der Waals surface area contributed by atoms with Crippen molar-refractivity contribution in [2.24, 2.45) is 0 Å². The second-order valence-electron chi connectivity index (χ2n) is 6.36. The zero-order valence-electron chi connectivity index (χ0n) is 14.3. The number of aromatic nitrogens is 1. The average Bonchev–Trinajstić information content (AvgIpc) is 3.01. The smallest absolute Gasteiger partial charge is 0.321 e. The maximum absolute atomic E-state index is 12.5. The van der Waals surface area contributed by atoms with Crippen LogP contribution in [0.3, 0.4) is 0 Å². The number of aryl methyl sites for hydroxylation is 1. The van der Waals surface area contributed by atoms with Gasteiger partial charge >= 0.3 is 6.03 Å². The number of hydrogen-bond acceptors (Lipinski definition) is 4. The molecular formula is C17H23ClN4O3. The highest BCUT2D eigenvalue weighted by molar-refractivity contribution is 6.29. The van der Waals surface area contributed by atoms with Gasteiger partial charge in [-0.05, 0) is 38.3 Å². The first-order valence-electron chi connectivity index (χ1n) is 8.64. The van der Waals surface area contributed by atoms with E-state index < -0.39 is 0 Å². The van der Waals surface area contributed by atoms with Crippen LogP contribution in [-0.2, 0) is 9.53 Å². The molecule has 0 aromatic carbocycles. The molecule has 0 bridgehead atoms. The molecule has 0 aliphatic carbocycles. The van der Waals surface area contributed by atoms with E-state index in [-0.39, 0.29) is 18.0 Å². The fourth-order valence-corrected chi connectivity index (χ4v) is 3.36. The number of halogens is 1. The minimum Gasteiger partial charge on any atom is -0.368 e. The molecule has 3 heterocycles. The lowest BCUT2D eigenvalue weighted by Crippen LogP contribution is -2.42. The van der Waals surface area contributed by atoms with Gasteiger partial charge in [-0.1, -0.05) is 11.6 Å². The van der Waals surface area contributed by atoms with Gasteiger partial charge < -0.3 is 19.9 Å². The van der Waals surface area contributed by atoms with E-state index in [0.29, 0.717) is 49.3 Å². The van der Waals surface area contributed by atoms with Crippen molar-refractivity contribution in [3.8, 4) is 0 Å². The predicted octanol–water partition coefficient (Wildman–Crippen LogP) is 2.29. The van der Waals surface area contributed by atoms with Gasteiger partial charge in [-0.25, -0.2) is 9.78 Å². The summed E-state index contributed by atoms with van der Waals surface area (Å²) in [5.74, 6) is 0.0532. The number of amides is 3. The third kappa shape index (κ3) is 4.41. The summed E-state index contributed by atoms with van der Waals surface area (Å²) in [6.45, 7) is 4.76. The van der Waals surface area contributed by atoms with E-state index in [2.05, 4.69) is 10.3 Å². The maximum Gasteiger partial charge on any atom is 0.321 e. The quantitative estimate of drug-likeness (QED) is 0.815. The molecule has 3 amide bonds. The highest BCUT2D eigenvalue weighted by atomic mass is 35.5. The number of nitrogens with one attached hydrogen (secondary N) is 1. The molecule has 0 saturated carbocycles. The Morgan fingerprint density at radius 2 is 1.96 bits per heavy atom. The highest BCUT2D eigenvalue weighted by Gasteiger charge is 2.30. The van der Waals surface area contributed by atoms with Crippen LogP contribution in [0.2, 0.25) is 5.15 Å². The molecule has 3 rings (SSSR count). The van der Waals surface area contributed by atoms with Crippen LogP contribution in [-0.4, -0.2) is 65.6 Å². The monoisotopic (exact) mass is 366 g/mol. The van der Waals surface area contributed by atoms with Crippen LogP contribution in [0.5, 0.6) is 0 Å². The highest BCUT2D eigenvalue weighted by Crippen LogP contribution is 2.18. The Bertz CT molecular complexity index is 649. The lowest BCUT2D eigenvalue weighted by Gasteiger charge is -2.24. The molecule has 2 saturated heterocycles. The molecule has 2 fully saturated rings. The number of rotatable bonds is 2.